The number of nitrogens with zero attached hydrogens (tertiary/aromatic N) is 5. The average molecular weight is 744 g/mol. The van der Waals surface area contributed by atoms with Crippen LogP contribution >= 0.6 is 34.9 Å². The number of β-lactam (4-membered cyclic amide) rings is 1. The van der Waals surface area contributed by atoms with Crippen LogP contribution in [0.15, 0.2) is 45.2 Å². The van der Waals surface area contributed by atoms with Crippen LogP contribution in [0.25, 0.3) is 0 Å². The first-order valence-corrected chi connectivity index (χ1v) is 17.8. The van der Waals surface area contributed by atoms with Crippen LogP contribution in [-0.4, -0.2) is 82.6 Å². The molecule has 2 aromatic heterocycles. The number of oxime groups is 1. The molecule has 0 saturated carbocycles. The molecule has 10 N–H and O–H groups in total. The van der Waals surface area contributed by atoms with E-state index in [2.05, 4.69) is 20.4 Å². The highest BCUT2D eigenvalue weighted by atomic mass is 32.2. The Morgan fingerprint density at radius 3 is 2.64 bits per heavy atom. The van der Waals surface area contributed by atoms with Crippen molar-refractivity contribution in [1.29, 1.82) is 0 Å². The third kappa shape index (κ3) is 6.53. The number of phenolic OH excluding ortho intramolecular Hbond substituents is 2. The van der Waals surface area contributed by atoms with Gasteiger partial charge in [0.1, 0.15) is 22.8 Å². The van der Waals surface area contributed by atoms with Crippen molar-refractivity contribution >= 4 is 75.3 Å². The van der Waals surface area contributed by atoms with Crippen LogP contribution in [0.3, 0.4) is 0 Å². The number of aliphatic carboxylic acids is 2. The third-order valence-electron chi connectivity index (χ3n) is 8.12. The standard InChI is InChI=1S/C29H29N9O9S3/c30-22-13-3-1-2-4-15(13)38(32)29(35-22)50-9-12-8-48-25-19(24(42)37(25)20(12)26(43)44)34-23(41)18(14-10-49-28(31)33-14)36-47-21(27(45)46)11-5-6-16(39)17(40)7-11/h5-7,10,19,21,25,30H,1-4,8-9,32H2,(H7,31,33,34,36,39,40,41,43,44,45,46)/t19-,21+,25-/m1/s1. The zero-order chi connectivity index (χ0) is 35.9. The molecular weight excluding hydrogens is 715 g/mol. The normalized spacial score (nSPS) is 19.2. The molecule has 3 aliphatic rings. The van der Waals surface area contributed by atoms with E-state index >= 15 is 0 Å². The Hall–Kier alpha value is -5.28. The minimum Gasteiger partial charge on any atom is -0.543 e. The fourth-order valence-electron chi connectivity index (χ4n) is 5.68. The maximum atomic E-state index is 13.5. The Balaban J connectivity index is 1.20. The lowest BCUT2D eigenvalue weighted by atomic mass is 9.96. The Labute approximate surface area is 295 Å². The smallest absolute Gasteiger partial charge is 0.385 e. The Bertz CT molecular complexity index is 1990. The average Bonchev–Trinajstić information content (AvgIpc) is 3.52. The summed E-state index contributed by atoms with van der Waals surface area (Å²) in [4.78, 5) is 65.9. The lowest BCUT2D eigenvalue weighted by Crippen LogP contribution is -2.71. The summed E-state index contributed by atoms with van der Waals surface area (Å²) in [5.74, 6) is 1.06. The maximum Gasteiger partial charge on any atom is 0.385 e. The SMILES string of the molecule is Nc1nc(/C(=N/O[C@H](C(=O)O)c2ccc(O)c(O)c2)C(=O)N[C@@H]2C(=O)N3C(C(=O)[O-])=C(CSc4nc(N)c5c([n+]4N)CCCC5)CS[C@H]23)cs1. The molecule has 262 valence electrons. The molecule has 1 aliphatic carbocycles. The molecule has 0 spiro atoms. The summed E-state index contributed by atoms with van der Waals surface area (Å²) in [5.41, 5.74) is 13.0. The van der Waals surface area contributed by atoms with E-state index in [-0.39, 0.29) is 33.6 Å². The van der Waals surface area contributed by atoms with E-state index in [1.54, 1.807) is 0 Å². The number of hydrogen-bond acceptors (Lipinski definition) is 17. The second-order valence-corrected chi connectivity index (χ2v) is 14.2. The number of carboxylic acids is 2. The van der Waals surface area contributed by atoms with Gasteiger partial charge in [-0.2, -0.15) is 0 Å². The zero-order valence-electron chi connectivity index (χ0n) is 25.8. The number of carboxylic acid groups (broad SMARTS) is 2. The Morgan fingerprint density at radius 1 is 1.20 bits per heavy atom. The van der Waals surface area contributed by atoms with Crippen LogP contribution in [0.1, 0.15) is 41.5 Å². The van der Waals surface area contributed by atoms with Gasteiger partial charge in [-0.3, -0.25) is 20.3 Å². The number of anilines is 2. The molecule has 6 rings (SSSR count). The van der Waals surface area contributed by atoms with Crippen molar-refractivity contribution in [2.45, 2.75) is 48.4 Å². The van der Waals surface area contributed by atoms with Gasteiger partial charge in [-0.05, 0) is 53.7 Å². The number of carbonyl (C=O) groups is 4. The van der Waals surface area contributed by atoms with Crippen molar-refractivity contribution in [3.05, 3.63) is 57.4 Å². The van der Waals surface area contributed by atoms with Gasteiger partial charge in [-0.15, -0.1) is 27.8 Å². The number of amides is 2. The highest BCUT2D eigenvalue weighted by Gasteiger charge is 2.53. The number of rotatable bonds is 11. The van der Waals surface area contributed by atoms with Gasteiger partial charge in [0.25, 0.3) is 11.8 Å². The minimum atomic E-state index is -1.83. The number of nitrogen functional groups attached to an aromatic ring is 3. The fraction of sp³-hybridized carbons (Fsp3) is 0.310. The predicted molar refractivity (Wildman–Crippen MR) is 178 cm³/mol. The number of hydrogen-bond donors (Lipinski definition) is 7. The summed E-state index contributed by atoms with van der Waals surface area (Å²) >= 11 is 3.35. The van der Waals surface area contributed by atoms with E-state index in [4.69, 9.17) is 22.1 Å². The van der Waals surface area contributed by atoms with Gasteiger partial charge in [-0.1, -0.05) is 11.2 Å². The van der Waals surface area contributed by atoms with Crippen LogP contribution in [0.4, 0.5) is 10.9 Å². The highest BCUT2D eigenvalue weighted by molar-refractivity contribution is 8.01. The number of aromatic hydroxyl groups is 2. The number of nitrogens with one attached hydrogen (secondary N) is 1. The molecule has 1 saturated heterocycles. The quantitative estimate of drug-likeness (QED) is 0.0176. The molecule has 1 fully saturated rings. The van der Waals surface area contributed by atoms with E-state index < -0.39 is 58.5 Å². The number of benzene rings is 1. The molecule has 50 heavy (non-hydrogen) atoms. The molecule has 0 bridgehead atoms. The van der Waals surface area contributed by atoms with E-state index in [0.29, 0.717) is 16.5 Å². The van der Waals surface area contributed by atoms with Crippen molar-refractivity contribution in [3.8, 4) is 11.5 Å². The molecule has 2 aliphatic heterocycles. The van der Waals surface area contributed by atoms with Gasteiger partial charge in [0.15, 0.2) is 22.3 Å². The maximum absolute atomic E-state index is 13.5. The van der Waals surface area contributed by atoms with E-state index in [0.717, 1.165) is 65.3 Å². The van der Waals surface area contributed by atoms with Crippen molar-refractivity contribution in [1.82, 2.24) is 20.2 Å². The van der Waals surface area contributed by atoms with Gasteiger partial charge in [0.05, 0.1) is 17.2 Å². The third-order valence-corrected chi connectivity index (χ3v) is 11.2. The zero-order valence-corrected chi connectivity index (χ0v) is 28.2. The first kappa shape index (κ1) is 34.6. The van der Waals surface area contributed by atoms with Crippen LogP contribution in [0.5, 0.6) is 11.5 Å². The molecule has 21 heteroatoms. The van der Waals surface area contributed by atoms with Crippen LogP contribution in [0.2, 0.25) is 0 Å². The van der Waals surface area contributed by atoms with Gasteiger partial charge in [-0.25, -0.2) is 9.78 Å². The Morgan fingerprint density at radius 2 is 1.96 bits per heavy atom. The summed E-state index contributed by atoms with van der Waals surface area (Å²) in [5, 5.41) is 48.7. The molecular formula is C29H29N9O9S3. The molecule has 4 heterocycles. The van der Waals surface area contributed by atoms with E-state index in [1.807, 2.05) is 0 Å². The van der Waals surface area contributed by atoms with E-state index in [1.165, 1.54) is 39.6 Å². The summed E-state index contributed by atoms with van der Waals surface area (Å²) in [6.45, 7) is 0. The first-order chi connectivity index (χ1) is 23.8. The molecule has 0 unspecified atom stereocenters. The van der Waals surface area contributed by atoms with Crippen molar-refractivity contribution in [2.75, 3.05) is 28.8 Å². The van der Waals surface area contributed by atoms with Gasteiger partial charge >= 0.3 is 11.1 Å². The second-order valence-electron chi connectivity index (χ2n) is 11.3. The number of aromatic nitrogens is 3. The molecule has 2 amide bonds. The molecule has 3 atom stereocenters. The lowest BCUT2D eigenvalue weighted by Gasteiger charge is -2.50. The van der Waals surface area contributed by atoms with Crippen LogP contribution < -0.4 is 32.4 Å². The lowest BCUT2D eigenvalue weighted by molar-refractivity contribution is -0.690. The van der Waals surface area contributed by atoms with Crippen LogP contribution in [0, 0.1) is 0 Å². The number of nitrogens with two attached hydrogens (primary N) is 3. The Kier molecular flexibility index (Phi) is 9.62. The molecule has 3 aromatic rings. The summed E-state index contributed by atoms with van der Waals surface area (Å²) in [7, 11) is 0. The van der Waals surface area contributed by atoms with Gasteiger partial charge in [0, 0.05) is 28.9 Å². The number of phenols is 2. The number of fused-ring (bicyclic) bond motifs is 2. The monoisotopic (exact) mass is 743 g/mol. The largest absolute Gasteiger partial charge is 0.543 e. The molecule has 1 aromatic carbocycles. The number of carbonyl (C=O) groups excluding carboxylic acids is 3. The number of thioether (sulfide) groups is 2. The van der Waals surface area contributed by atoms with Gasteiger partial charge < -0.3 is 46.8 Å². The topological polar surface area (TPSA) is 297 Å². The summed E-state index contributed by atoms with van der Waals surface area (Å²) in [6, 6.07) is 1.98. The van der Waals surface area contributed by atoms with Crippen LogP contribution in [-0.2, 0) is 36.9 Å². The van der Waals surface area contributed by atoms with E-state index in [9.17, 15) is 39.6 Å². The van der Waals surface area contributed by atoms with Crippen molar-refractivity contribution in [3.63, 3.8) is 0 Å². The predicted octanol–water partition coefficient (Wildman–Crippen LogP) is -1.26. The van der Waals surface area contributed by atoms with Crippen molar-refractivity contribution in [2.24, 2.45) is 5.16 Å². The molecule has 0 radical (unpaired) electrons. The highest BCUT2D eigenvalue weighted by Crippen LogP contribution is 2.41. The second kappa shape index (κ2) is 13.9. The fourth-order valence-corrected chi connectivity index (χ4v) is 8.65. The molecule has 18 nitrogen and oxygen atoms in total. The summed E-state index contributed by atoms with van der Waals surface area (Å²) < 4.78 is 1.47. The number of thiazole rings is 1. The first-order valence-electron chi connectivity index (χ1n) is 14.9. The summed E-state index contributed by atoms with van der Waals surface area (Å²) in [6.07, 6.45) is 1.62. The van der Waals surface area contributed by atoms with Crippen molar-refractivity contribution < 1.29 is 49.1 Å². The van der Waals surface area contributed by atoms with Gasteiger partial charge in [0.2, 0.25) is 11.9 Å². The minimum absolute atomic E-state index is 0.0510.